The average molecular weight is 374 g/mol. The van der Waals surface area contributed by atoms with Gasteiger partial charge in [-0.05, 0) is 50.1 Å². The zero-order valence-corrected chi connectivity index (χ0v) is 16.0. The Kier molecular flexibility index (Phi) is 4.38. The van der Waals surface area contributed by atoms with Crippen LogP contribution in [0.15, 0.2) is 35.2 Å². The van der Waals surface area contributed by atoms with Crippen molar-refractivity contribution in [1.82, 2.24) is 4.98 Å². The summed E-state index contributed by atoms with van der Waals surface area (Å²) in [5.41, 5.74) is 4.23. The molecular formula is C18H18N2O3S2. The third-order valence-electron chi connectivity index (χ3n) is 3.91. The number of nitrogens with zero attached hydrogens (tertiary/aromatic N) is 1. The number of carbonyl (C=O) groups excluding carboxylic acids is 1. The molecule has 0 bridgehead atoms. The van der Waals surface area contributed by atoms with Crippen LogP contribution in [0.25, 0.3) is 10.2 Å². The predicted molar refractivity (Wildman–Crippen MR) is 101 cm³/mol. The van der Waals surface area contributed by atoms with Crippen molar-refractivity contribution in [2.75, 3.05) is 11.6 Å². The molecule has 1 N–H and O–H groups in total. The molecule has 0 unspecified atom stereocenters. The molecule has 0 spiro atoms. The Balaban J connectivity index is 1.94. The van der Waals surface area contributed by atoms with Crippen molar-refractivity contribution in [2.24, 2.45) is 0 Å². The lowest BCUT2D eigenvalue weighted by molar-refractivity contribution is 0.102. The molecule has 1 amide bonds. The molecule has 3 aromatic rings. The van der Waals surface area contributed by atoms with Crippen molar-refractivity contribution < 1.29 is 13.2 Å². The summed E-state index contributed by atoms with van der Waals surface area (Å²) in [5, 5.41) is 3.28. The van der Waals surface area contributed by atoms with Crippen LogP contribution in [0.3, 0.4) is 0 Å². The van der Waals surface area contributed by atoms with Gasteiger partial charge in [0.2, 0.25) is 0 Å². The zero-order chi connectivity index (χ0) is 18.4. The van der Waals surface area contributed by atoms with Crippen molar-refractivity contribution in [3.8, 4) is 0 Å². The second-order valence-corrected chi connectivity index (χ2v) is 9.19. The predicted octanol–water partition coefficient (Wildman–Crippen LogP) is 3.88. The van der Waals surface area contributed by atoms with E-state index in [4.69, 9.17) is 0 Å². The number of fused-ring (bicyclic) bond motifs is 1. The second kappa shape index (κ2) is 6.24. The second-order valence-electron chi connectivity index (χ2n) is 6.15. The van der Waals surface area contributed by atoms with E-state index in [1.165, 1.54) is 23.7 Å². The van der Waals surface area contributed by atoms with Crippen LogP contribution in [0.1, 0.15) is 27.0 Å². The Morgan fingerprint density at radius 3 is 2.32 bits per heavy atom. The molecule has 1 aromatic heterocycles. The molecule has 3 rings (SSSR count). The van der Waals surface area contributed by atoms with Crippen LogP contribution in [-0.4, -0.2) is 25.6 Å². The average Bonchev–Trinajstić information content (AvgIpc) is 2.86. The van der Waals surface area contributed by atoms with Crippen molar-refractivity contribution in [2.45, 2.75) is 25.7 Å². The first-order valence-corrected chi connectivity index (χ1v) is 10.4. The fourth-order valence-electron chi connectivity index (χ4n) is 2.89. The molecular weight excluding hydrogens is 356 g/mol. The molecule has 25 heavy (non-hydrogen) atoms. The Morgan fingerprint density at radius 1 is 1.08 bits per heavy atom. The van der Waals surface area contributed by atoms with Gasteiger partial charge in [0.1, 0.15) is 0 Å². The maximum atomic E-state index is 12.6. The smallest absolute Gasteiger partial charge is 0.257 e. The van der Waals surface area contributed by atoms with E-state index in [0.717, 1.165) is 21.4 Å². The van der Waals surface area contributed by atoms with E-state index in [-0.39, 0.29) is 10.8 Å². The maximum absolute atomic E-state index is 12.6. The van der Waals surface area contributed by atoms with Crippen molar-refractivity contribution >= 4 is 42.4 Å². The largest absolute Gasteiger partial charge is 0.298 e. The number of benzene rings is 2. The van der Waals surface area contributed by atoms with Crippen molar-refractivity contribution in [3.05, 3.63) is 52.6 Å². The summed E-state index contributed by atoms with van der Waals surface area (Å²) in [6.45, 7) is 5.81. The Labute approximate surface area is 150 Å². The quantitative estimate of drug-likeness (QED) is 0.755. The van der Waals surface area contributed by atoms with E-state index in [9.17, 15) is 13.2 Å². The van der Waals surface area contributed by atoms with E-state index >= 15 is 0 Å². The number of hydrogen-bond acceptors (Lipinski definition) is 5. The molecule has 0 aliphatic heterocycles. The van der Waals surface area contributed by atoms with Crippen molar-refractivity contribution in [1.29, 1.82) is 0 Å². The van der Waals surface area contributed by atoms with Gasteiger partial charge in [0.05, 0.1) is 15.1 Å². The molecule has 0 atom stereocenters. The molecule has 130 valence electrons. The summed E-state index contributed by atoms with van der Waals surface area (Å²) in [4.78, 5) is 17.2. The highest BCUT2D eigenvalue weighted by molar-refractivity contribution is 7.90. The number of nitrogens with one attached hydrogen (secondary N) is 1. The molecule has 2 aromatic carbocycles. The number of hydrogen-bond donors (Lipinski definition) is 1. The summed E-state index contributed by atoms with van der Waals surface area (Å²) < 4.78 is 24.0. The van der Waals surface area contributed by atoms with Gasteiger partial charge in [-0.3, -0.25) is 10.1 Å². The van der Waals surface area contributed by atoms with Gasteiger partial charge in [0.15, 0.2) is 15.0 Å². The van der Waals surface area contributed by atoms with Crippen LogP contribution in [0.5, 0.6) is 0 Å². The van der Waals surface area contributed by atoms with Crippen molar-refractivity contribution in [3.63, 3.8) is 0 Å². The van der Waals surface area contributed by atoms with Gasteiger partial charge in [-0.2, -0.15) is 0 Å². The molecule has 0 saturated heterocycles. The highest BCUT2D eigenvalue weighted by atomic mass is 32.2. The first-order valence-electron chi connectivity index (χ1n) is 7.65. The van der Waals surface area contributed by atoms with Crippen LogP contribution < -0.4 is 5.32 Å². The molecule has 7 heteroatoms. The lowest BCUT2D eigenvalue weighted by Gasteiger charge is -2.10. The number of rotatable bonds is 3. The third kappa shape index (κ3) is 3.57. The molecule has 5 nitrogen and oxygen atoms in total. The molecule has 1 heterocycles. The van der Waals surface area contributed by atoms with Crippen LogP contribution in [-0.2, 0) is 9.84 Å². The number of thiazole rings is 1. The summed E-state index contributed by atoms with van der Waals surface area (Å²) in [7, 11) is -3.27. The number of carbonyl (C=O) groups is 1. The van der Waals surface area contributed by atoms with Gasteiger partial charge in [-0.25, -0.2) is 13.4 Å². The Morgan fingerprint density at radius 2 is 1.72 bits per heavy atom. The van der Waals surface area contributed by atoms with Gasteiger partial charge >= 0.3 is 0 Å². The lowest BCUT2D eigenvalue weighted by atomic mass is 9.99. The minimum absolute atomic E-state index is 0.211. The first-order chi connectivity index (χ1) is 11.6. The highest BCUT2D eigenvalue weighted by Gasteiger charge is 2.16. The molecule has 0 fully saturated rings. The molecule has 0 aliphatic rings. The summed E-state index contributed by atoms with van der Waals surface area (Å²) >= 11 is 1.26. The fraction of sp³-hybridized carbons (Fsp3) is 0.222. The van der Waals surface area contributed by atoms with Crippen LogP contribution in [0.2, 0.25) is 0 Å². The molecule has 0 saturated carbocycles. The molecule has 0 radical (unpaired) electrons. The Hall–Kier alpha value is -2.25. The van der Waals surface area contributed by atoms with Gasteiger partial charge < -0.3 is 0 Å². The summed E-state index contributed by atoms with van der Waals surface area (Å²) in [6, 6.07) is 8.70. The minimum atomic E-state index is -3.27. The number of aromatic nitrogens is 1. The van der Waals surface area contributed by atoms with Crippen LogP contribution in [0.4, 0.5) is 5.13 Å². The summed E-state index contributed by atoms with van der Waals surface area (Å²) in [5.74, 6) is -0.211. The minimum Gasteiger partial charge on any atom is -0.298 e. The van der Waals surface area contributed by atoms with E-state index in [2.05, 4.69) is 10.3 Å². The lowest BCUT2D eigenvalue weighted by Crippen LogP contribution is -2.15. The molecule has 0 aliphatic carbocycles. The number of amides is 1. The number of anilines is 1. The van der Waals surface area contributed by atoms with E-state index in [1.54, 1.807) is 12.1 Å². The maximum Gasteiger partial charge on any atom is 0.257 e. The summed E-state index contributed by atoms with van der Waals surface area (Å²) in [6.07, 6.45) is 1.17. The first kappa shape index (κ1) is 17.6. The fourth-order valence-corrected chi connectivity index (χ4v) is 4.51. The zero-order valence-electron chi connectivity index (χ0n) is 14.4. The van der Waals surface area contributed by atoms with Gasteiger partial charge in [-0.1, -0.05) is 29.0 Å². The number of sulfone groups is 1. The monoisotopic (exact) mass is 374 g/mol. The normalized spacial score (nSPS) is 11.7. The number of aryl methyl sites for hydroxylation is 3. The Bertz CT molecular complexity index is 1080. The standard InChI is InChI=1S/C18H18N2O3S2/c1-10-7-11(2)16(12(3)8-10)17(21)20-18-19-14-6-5-13(25(4,22)23)9-15(14)24-18/h5-9H,1-4H3,(H,19,20,21). The van der Waals surface area contributed by atoms with Crippen LogP contribution in [0, 0.1) is 20.8 Å². The SMILES string of the molecule is Cc1cc(C)c(C(=O)Nc2nc3ccc(S(C)(=O)=O)cc3s2)c(C)c1. The topological polar surface area (TPSA) is 76.1 Å². The highest BCUT2D eigenvalue weighted by Crippen LogP contribution is 2.29. The van der Waals surface area contributed by atoms with Crippen LogP contribution >= 0.6 is 11.3 Å². The third-order valence-corrected chi connectivity index (χ3v) is 5.96. The van der Waals surface area contributed by atoms with Gasteiger partial charge in [-0.15, -0.1) is 0 Å². The van der Waals surface area contributed by atoms with E-state index in [0.29, 0.717) is 16.2 Å². The van der Waals surface area contributed by atoms with Gasteiger partial charge in [0.25, 0.3) is 5.91 Å². The van der Waals surface area contributed by atoms with E-state index < -0.39 is 9.84 Å². The van der Waals surface area contributed by atoms with E-state index in [1.807, 2.05) is 32.9 Å². The van der Waals surface area contributed by atoms with Gasteiger partial charge in [0, 0.05) is 11.8 Å².